The van der Waals surface area contributed by atoms with E-state index in [4.69, 9.17) is 16.3 Å². The summed E-state index contributed by atoms with van der Waals surface area (Å²) in [4.78, 5) is 14.4. The van der Waals surface area contributed by atoms with Crippen LogP contribution >= 0.6 is 11.6 Å². The molecule has 110 valence electrons. The smallest absolute Gasteiger partial charge is 0.261 e. The van der Waals surface area contributed by atoms with E-state index in [1.165, 1.54) is 0 Å². The highest BCUT2D eigenvalue weighted by Gasteiger charge is 2.30. The summed E-state index contributed by atoms with van der Waals surface area (Å²) in [6, 6.07) is 5.42. The fraction of sp³-hybridized carbons (Fsp3) is 0.333. The molecular weight excluding hydrogens is 290 g/mol. The van der Waals surface area contributed by atoms with Gasteiger partial charge < -0.3 is 9.64 Å². The van der Waals surface area contributed by atoms with Crippen molar-refractivity contribution < 1.29 is 9.53 Å². The van der Waals surface area contributed by atoms with Crippen molar-refractivity contribution in [2.45, 2.75) is 26.5 Å². The van der Waals surface area contributed by atoms with E-state index in [1.807, 2.05) is 26.0 Å². The molecule has 0 radical (unpaired) electrons. The third-order valence-corrected chi connectivity index (χ3v) is 3.74. The van der Waals surface area contributed by atoms with Crippen molar-refractivity contribution in [3.63, 3.8) is 0 Å². The lowest BCUT2D eigenvalue weighted by Gasteiger charge is -2.33. The number of anilines is 1. The predicted octanol–water partition coefficient (Wildman–Crippen LogP) is 2.98. The molecule has 1 amide bonds. The van der Waals surface area contributed by atoms with Crippen LogP contribution in [0.5, 0.6) is 5.75 Å². The van der Waals surface area contributed by atoms with Crippen molar-refractivity contribution in [1.82, 2.24) is 9.78 Å². The Kier molecular flexibility index (Phi) is 3.59. The Labute approximate surface area is 128 Å². The Hall–Kier alpha value is -2.01. The summed E-state index contributed by atoms with van der Waals surface area (Å²) < 4.78 is 7.49. The van der Waals surface area contributed by atoms with E-state index in [2.05, 4.69) is 5.10 Å². The van der Waals surface area contributed by atoms with Crippen molar-refractivity contribution in [1.29, 1.82) is 0 Å². The highest BCUT2D eigenvalue weighted by Crippen LogP contribution is 2.39. The standard InChI is InChI=1S/C15H16ClN3O2/c1-3-18-9-11(7-17-18)15(20)19-8-10(2)21-14-12(16)5-4-6-13(14)19/h4-7,9-10H,3,8H2,1-2H3/t10-/m0/s1. The normalized spacial score (nSPS) is 17.3. The van der Waals surface area contributed by atoms with Gasteiger partial charge in [-0.2, -0.15) is 5.10 Å². The van der Waals surface area contributed by atoms with Crippen LogP contribution < -0.4 is 9.64 Å². The Morgan fingerprint density at radius 2 is 2.33 bits per heavy atom. The van der Waals surface area contributed by atoms with Gasteiger partial charge in [0, 0.05) is 12.7 Å². The number of benzene rings is 1. The lowest BCUT2D eigenvalue weighted by molar-refractivity contribution is 0.0961. The molecule has 6 heteroatoms. The molecule has 21 heavy (non-hydrogen) atoms. The van der Waals surface area contributed by atoms with E-state index in [-0.39, 0.29) is 12.0 Å². The molecule has 5 nitrogen and oxygen atoms in total. The highest BCUT2D eigenvalue weighted by atomic mass is 35.5. The van der Waals surface area contributed by atoms with Gasteiger partial charge in [0.15, 0.2) is 5.75 Å². The maximum atomic E-state index is 12.7. The number of rotatable bonds is 2. The Morgan fingerprint density at radius 3 is 3.05 bits per heavy atom. The summed E-state index contributed by atoms with van der Waals surface area (Å²) in [6.45, 7) is 5.12. The van der Waals surface area contributed by atoms with Crippen molar-refractivity contribution >= 4 is 23.2 Å². The lowest BCUT2D eigenvalue weighted by Crippen LogP contribution is -2.42. The van der Waals surface area contributed by atoms with Crippen LogP contribution in [0.25, 0.3) is 0 Å². The van der Waals surface area contributed by atoms with Crippen molar-refractivity contribution in [3.05, 3.63) is 41.2 Å². The van der Waals surface area contributed by atoms with Gasteiger partial charge in [0.1, 0.15) is 6.10 Å². The predicted molar refractivity (Wildman–Crippen MR) is 81.1 cm³/mol. The average Bonchev–Trinajstić information content (AvgIpc) is 2.96. The second-order valence-electron chi connectivity index (χ2n) is 5.02. The molecule has 0 spiro atoms. The van der Waals surface area contributed by atoms with E-state index >= 15 is 0 Å². The summed E-state index contributed by atoms with van der Waals surface area (Å²) in [5.41, 5.74) is 1.27. The second-order valence-corrected chi connectivity index (χ2v) is 5.42. The first kappa shape index (κ1) is 13.9. The number of carbonyl (C=O) groups excluding carboxylic acids is 1. The molecule has 1 aliphatic rings. The quantitative estimate of drug-likeness (QED) is 0.857. The van der Waals surface area contributed by atoms with Crippen LogP contribution in [0.3, 0.4) is 0 Å². The van der Waals surface area contributed by atoms with E-state index < -0.39 is 0 Å². The van der Waals surface area contributed by atoms with Gasteiger partial charge in [0.2, 0.25) is 0 Å². The largest absolute Gasteiger partial charge is 0.485 e. The van der Waals surface area contributed by atoms with Crippen molar-refractivity contribution in [3.8, 4) is 5.75 Å². The number of aryl methyl sites for hydroxylation is 1. The monoisotopic (exact) mass is 305 g/mol. The number of hydrogen-bond donors (Lipinski definition) is 0. The maximum absolute atomic E-state index is 12.7. The first-order valence-corrected chi connectivity index (χ1v) is 7.27. The first-order chi connectivity index (χ1) is 10.1. The Balaban J connectivity index is 1.99. The minimum absolute atomic E-state index is 0.0895. The molecule has 2 aromatic rings. The number of para-hydroxylation sites is 1. The third-order valence-electron chi connectivity index (χ3n) is 3.45. The minimum atomic E-state index is -0.109. The summed E-state index contributed by atoms with van der Waals surface area (Å²) in [6.07, 6.45) is 3.24. The van der Waals surface area contributed by atoms with Gasteiger partial charge >= 0.3 is 0 Å². The number of hydrogen-bond acceptors (Lipinski definition) is 3. The number of aromatic nitrogens is 2. The molecular formula is C15H16ClN3O2. The molecule has 0 bridgehead atoms. The van der Waals surface area contributed by atoms with Gasteiger partial charge in [-0.1, -0.05) is 17.7 Å². The number of nitrogens with zero attached hydrogens (tertiary/aromatic N) is 3. The van der Waals surface area contributed by atoms with Crippen molar-refractivity contribution in [2.75, 3.05) is 11.4 Å². The molecule has 1 atom stereocenters. The molecule has 0 unspecified atom stereocenters. The fourth-order valence-corrected chi connectivity index (χ4v) is 2.63. The van der Waals surface area contributed by atoms with Gasteiger partial charge in [-0.25, -0.2) is 0 Å². The number of amides is 1. The summed E-state index contributed by atoms with van der Waals surface area (Å²) >= 11 is 6.17. The van der Waals surface area contributed by atoms with E-state index in [1.54, 1.807) is 28.0 Å². The van der Waals surface area contributed by atoms with Gasteiger partial charge in [-0.15, -0.1) is 0 Å². The van der Waals surface area contributed by atoms with E-state index in [0.29, 0.717) is 28.6 Å². The summed E-state index contributed by atoms with van der Waals surface area (Å²) in [5, 5.41) is 4.67. The number of carbonyl (C=O) groups is 1. The van der Waals surface area contributed by atoms with Crippen LogP contribution in [0.1, 0.15) is 24.2 Å². The van der Waals surface area contributed by atoms with Gasteiger partial charge in [0.05, 0.1) is 29.0 Å². The minimum Gasteiger partial charge on any atom is -0.485 e. The average molecular weight is 306 g/mol. The zero-order valence-corrected chi connectivity index (χ0v) is 12.7. The van der Waals surface area contributed by atoms with Crippen LogP contribution in [0.4, 0.5) is 5.69 Å². The Morgan fingerprint density at radius 1 is 1.52 bits per heavy atom. The topological polar surface area (TPSA) is 47.4 Å². The van der Waals surface area contributed by atoms with Crippen LogP contribution in [0, 0.1) is 0 Å². The van der Waals surface area contributed by atoms with Gasteiger partial charge in [0.25, 0.3) is 5.91 Å². The zero-order chi connectivity index (χ0) is 15.0. The van der Waals surface area contributed by atoms with Crippen LogP contribution in [0.15, 0.2) is 30.6 Å². The molecule has 0 saturated carbocycles. The van der Waals surface area contributed by atoms with Crippen molar-refractivity contribution in [2.24, 2.45) is 0 Å². The third kappa shape index (κ3) is 2.49. The highest BCUT2D eigenvalue weighted by molar-refractivity contribution is 6.32. The SMILES string of the molecule is CCn1cc(C(=O)N2C[C@H](C)Oc3c(Cl)cccc32)cn1. The molecule has 0 N–H and O–H groups in total. The lowest BCUT2D eigenvalue weighted by atomic mass is 10.1. The summed E-state index contributed by atoms with van der Waals surface area (Å²) in [5.74, 6) is 0.475. The first-order valence-electron chi connectivity index (χ1n) is 6.89. The Bertz CT molecular complexity index is 683. The molecule has 0 fully saturated rings. The van der Waals surface area contributed by atoms with Crippen LogP contribution in [0.2, 0.25) is 5.02 Å². The van der Waals surface area contributed by atoms with E-state index in [0.717, 1.165) is 6.54 Å². The van der Waals surface area contributed by atoms with Crippen LogP contribution in [-0.4, -0.2) is 28.3 Å². The van der Waals surface area contributed by atoms with Crippen LogP contribution in [-0.2, 0) is 6.54 Å². The second kappa shape index (κ2) is 5.41. The van der Waals surface area contributed by atoms with Gasteiger partial charge in [-0.05, 0) is 26.0 Å². The molecule has 2 heterocycles. The summed E-state index contributed by atoms with van der Waals surface area (Å²) in [7, 11) is 0. The van der Waals surface area contributed by atoms with Gasteiger partial charge in [-0.3, -0.25) is 9.48 Å². The molecule has 1 aliphatic heterocycles. The molecule has 0 saturated heterocycles. The maximum Gasteiger partial charge on any atom is 0.261 e. The van der Waals surface area contributed by atoms with E-state index in [9.17, 15) is 4.79 Å². The molecule has 0 aliphatic carbocycles. The molecule has 1 aromatic carbocycles. The fourth-order valence-electron chi connectivity index (χ4n) is 2.42. The number of fused-ring (bicyclic) bond motifs is 1. The number of ether oxygens (including phenoxy) is 1. The molecule has 1 aromatic heterocycles. The number of halogens is 1. The zero-order valence-electron chi connectivity index (χ0n) is 11.9. The molecule has 3 rings (SSSR count).